The number of aliphatic hydroxyl groups is 1. The molecular formula is C13H18O2S. The largest absolute Gasteiger partial charge is 0.396 e. The first-order valence-corrected chi connectivity index (χ1v) is 6.46. The van der Waals surface area contributed by atoms with Crippen molar-refractivity contribution in [1.29, 1.82) is 0 Å². The maximum absolute atomic E-state index is 11.4. The molecule has 3 heteroatoms. The van der Waals surface area contributed by atoms with Crippen LogP contribution in [0.1, 0.15) is 37.0 Å². The van der Waals surface area contributed by atoms with Gasteiger partial charge in [0, 0.05) is 28.7 Å². The van der Waals surface area contributed by atoms with Gasteiger partial charge in [0.2, 0.25) is 0 Å². The summed E-state index contributed by atoms with van der Waals surface area (Å²) in [6.07, 6.45) is 1.34. The number of hydrogen-bond acceptors (Lipinski definition) is 3. The summed E-state index contributed by atoms with van der Waals surface area (Å²) in [4.78, 5) is 12.6. The number of benzene rings is 1. The number of rotatable bonds is 6. The van der Waals surface area contributed by atoms with E-state index in [0.29, 0.717) is 11.7 Å². The summed E-state index contributed by atoms with van der Waals surface area (Å²) >= 11 is 1.72. The lowest BCUT2D eigenvalue weighted by Gasteiger charge is -2.09. The van der Waals surface area contributed by atoms with E-state index in [2.05, 4.69) is 6.92 Å². The smallest absolute Gasteiger partial charge is 0.162 e. The van der Waals surface area contributed by atoms with E-state index in [-0.39, 0.29) is 12.4 Å². The Bertz CT molecular complexity index is 332. The number of ketones is 1. The SMILES string of the molecule is CCC(=O)c1ccc(SC(C)CCO)cc1. The Morgan fingerprint density at radius 2 is 2.00 bits per heavy atom. The topological polar surface area (TPSA) is 37.3 Å². The van der Waals surface area contributed by atoms with E-state index in [9.17, 15) is 4.79 Å². The van der Waals surface area contributed by atoms with Gasteiger partial charge in [-0.15, -0.1) is 11.8 Å². The molecule has 0 saturated heterocycles. The van der Waals surface area contributed by atoms with Crippen LogP contribution in [0.4, 0.5) is 0 Å². The second-order valence-electron chi connectivity index (χ2n) is 3.74. The monoisotopic (exact) mass is 238 g/mol. The zero-order chi connectivity index (χ0) is 12.0. The van der Waals surface area contributed by atoms with Gasteiger partial charge in [-0.2, -0.15) is 0 Å². The predicted molar refractivity (Wildman–Crippen MR) is 68.1 cm³/mol. The zero-order valence-electron chi connectivity index (χ0n) is 9.77. The molecule has 0 saturated carbocycles. The first-order chi connectivity index (χ1) is 7.67. The summed E-state index contributed by atoms with van der Waals surface area (Å²) in [5.41, 5.74) is 0.779. The van der Waals surface area contributed by atoms with E-state index in [4.69, 9.17) is 5.11 Å². The van der Waals surface area contributed by atoms with Gasteiger partial charge < -0.3 is 5.11 Å². The lowest BCUT2D eigenvalue weighted by molar-refractivity contribution is 0.0988. The Balaban J connectivity index is 2.61. The molecule has 1 aromatic rings. The van der Waals surface area contributed by atoms with E-state index >= 15 is 0 Å². The molecule has 1 rings (SSSR count). The average Bonchev–Trinajstić information content (AvgIpc) is 2.29. The highest BCUT2D eigenvalue weighted by Gasteiger charge is 2.05. The van der Waals surface area contributed by atoms with Crippen LogP contribution in [-0.2, 0) is 0 Å². The molecule has 0 amide bonds. The third-order valence-electron chi connectivity index (χ3n) is 2.37. The molecule has 0 aliphatic carbocycles. The van der Waals surface area contributed by atoms with Gasteiger partial charge in [-0.25, -0.2) is 0 Å². The number of carbonyl (C=O) groups is 1. The molecule has 0 aliphatic rings. The number of aliphatic hydroxyl groups excluding tert-OH is 1. The van der Waals surface area contributed by atoms with Crippen LogP contribution in [0.15, 0.2) is 29.2 Å². The highest BCUT2D eigenvalue weighted by Crippen LogP contribution is 2.25. The number of carbonyl (C=O) groups excluding carboxylic acids is 1. The molecule has 1 unspecified atom stereocenters. The van der Waals surface area contributed by atoms with Crippen LogP contribution in [0.2, 0.25) is 0 Å². The van der Waals surface area contributed by atoms with Gasteiger partial charge in [-0.3, -0.25) is 4.79 Å². The van der Waals surface area contributed by atoms with Crippen molar-refractivity contribution in [3.8, 4) is 0 Å². The Kier molecular flexibility index (Phi) is 5.56. The molecule has 0 bridgehead atoms. The molecule has 0 spiro atoms. The fourth-order valence-corrected chi connectivity index (χ4v) is 2.38. The summed E-state index contributed by atoms with van der Waals surface area (Å²) in [7, 11) is 0. The Morgan fingerprint density at radius 3 is 2.50 bits per heavy atom. The predicted octanol–water partition coefficient (Wildman–Crippen LogP) is 3.14. The molecule has 1 atom stereocenters. The second-order valence-corrected chi connectivity index (χ2v) is 5.25. The lowest BCUT2D eigenvalue weighted by Crippen LogP contribution is -1.99. The van der Waals surface area contributed by atoms with E-state index in [1.54, 1.807) is 11.8 Å². The molecule has 0 aliphatic heterocycles. The van der Waals surface area contributed by atoms with Gasteiger partial charge in [-0.05, 0) is 18.6 Å². The minimum absolute atomic E-state index is 0.181. The molecule has 16 heavy (non-hydrogen) atoms. The number of Topliss-reactive ketones (excluding diaryl/α,β-unsaturated/α-hetero) is 1. The summed E-state index contributed by atoms with van der Waals surface area (Å²) in [6, 6.07) is 7.70. The number of thioether (sulfide) groups is 1. The first kappa shape index (κ1) is 13.3. The van der Waals surface area contributed by atoms with E-state index in [1.807, 2.05) is 31.2 Å². The van der Waals surface area contributed by atoms with Crippen molar-refractivity contribution in [2.45, 2.75) is 36.8 Å². The summed E-state index contributed by atoms with van der Waals surface area (Å²) in [5, 5.41) is 9.21. The second kappa shape index (κ2) is 6.71. The van der Waals surface area contributed by atoms with Crippen molar-refractivity contribution < 1.29 is 9.90 Å². The van der Waals surface area contributed by atoms with E-state index < -0.39 is 0 Å². The first-order valence-electron chi connectivity index (χ1n) is 5.58. The maximum atomic E-state index is 11.4. The van der Waals surface area contributed by atoms with Crippen LogP contribution < -0.4 is 0 Å². The van der Waals surface area contributed by atoms with Crippen LogP contribution in [-0.4, -0.2) is 22.7 Å². The van der Waals surface area contributed by atoms with Crippen LogP contribution in [0.5, 0.6) is 0 Å². The van der Waals surface area contributed by atoms with E-state index in [0.717, 1.165) is 16.9 Å². The summed E-state index contributed by atoms with van der Waals surface area (Å²) in [5.74, 6) is 0.181. The fraction of sp³-hybridized carbons (Fsp3) is 0.462. The highest BCUT2D eigenvalue weighted by atomic mass is 32.2. The van der Waals surface area contributed by atoms with Crippen molar-refractivity contribution in [2.75, 3.05) is 6.61 Å². The van der Waals surface area contributed by atoms with Gasteiger partial charge in [0.1, 0.15) is 0 Å². The third kappa shape index (κ3) is 3.99. The molecule has 2 nitrogen and oxygen atoms in total. The molecule has 1 aromatic carbocycles. The fourth-order valence-electron chi connectivity index (χ4n) is 1.40. The van der Waals surface area contributed by atoms with Crippen LogP contribution in [0.25, 0.3) is 0 Å². The molecule has 0 aromatic heterocycles. The van der Waals surface area contributed by atoms with Crippen molar-refractivity contribution in [2.24, 2.45) is 0 Å². The van der Waals surface area contributed by atoms with Gasteiger partial charge in [0.25, 0.3) is 0 Å². The van der Waals surface area contributed by atoms with Gasteiger partial charge in [0.05, 0.1) is 0 Å². The zero-order valence-corrected chi connectivity index (χ0v) is 10.6. The average molecular weight is 238 g/mol. The minimum atomic E-state index is 0.181. The van der Waals surface area contributed by atoms with Gasteiger partial charge >= 0.3 is 0 Å². The third-order valence-corrected chi connectivity index (χ3v) is 3.55. The van der Waals surface area contributed by atoms with Crippen molar-refractivity contribution in [1.82, 2.24) is 0 Å². The highest BCUT2D eigenvalue weighted by molar-refractivity contribution is 7.99. The van der Waals surface area contributed by atoms with Crippen molar-refractivity contribution in [3.05, 3.63) is 29.8 Å². The summed E-state index contributed by atoms with van der Waals surface area (Å²) in [6.45, 7) is 4.18. The normalized spacial score (nSPS) is 12.4. The Labute approximate surface area is 101 Å². The quantitative estimate of drug-likeness (QED) is 0.611. The summed E-state index contributed by atoms with van der Waals surface area (Å²) < 4.78 is 0. The van der Waals surface area contributed by atoms with Gasteiger partial charge in [-0.1, -0.05) is 26.0 Å². The lowest BCUT2D eigenvalue weighted by atomic mass is 10.1. The molecular weight excluding hydrogens is 220 g/mol. The molecule has 88 valence electrons. The Morgan fingerprint density at radius 1 is 1.38 bits per heavy atom. The van der Waals surface area contributed by atoms with Gasteiger partial charge in [0.15, 0.2) is 5.78 Å². The van der Waals surface area contributed by atoms with Crippen molar-refractivity contribution in [3.63, 3.8) is 0 Å². The maximum Gasteiger partial charge on any atom is 0.162 e. The van der Waals surface area contributed by atoms with Crippen molar-refractivity contribution >= 4 is 17.5 Å². The molecule has 0 heterocycles. The minimum Gasteiger partial charge on any atom is -0.396 e. The van der Waals surface area contributed by atoms with E-state index in [1.165, 1.54) is 0 Å². The molecule has 1 N–H and O–H groups in total. The molecule has 0 fully saturated rings. The van der Waals surface area contributed by atoms with Crippen LogP contribution in [0.3, 0.4) is 0 Å². The number of hydrogen-bond donors (Lipinski definition) is 1. The van der Waals surface area contributed by atoms with Crippen LogP contribution >= 0.6 is 11.8 Å². The standard InChI is InChI=1S/C13H18O2S/c1-3-13(15)11-4-6-12(7-5-11)16-10(2)8-9-14/h4-7,10,14H,3,8-9H2,1-2H3. The Hall–Kier alpha value is -0.800. The van der Waals surface area contributed by atoms with Crippen LogP contribution in [0, 0.1) is 0 Å². The molecule has 0 radical (unpaired) electrons.